The summed E-state index contributed by atoms with van der Waals surface area (Å²) >= 11 is 1.86. The van der Waals surface area contributed by atoms with Gasteiger partial charge in [0.1, 0.15) is 0 Å². The van der Waals surface area contributed by atoms with Crippen LogP contribution in [-0.4, -0.2) is 62.0 Å². The van der Waals surface area contributed by atoms with Crippen LogP contribution in [0.3, 0.4) is 0 Å². The molecule has 4 heteroatoms. The molecule has 0 amide bonds. The van der Waals surface area contributed by atoms with Crippen molar-refractivity contribution in [1.82, 2.24) is 9.80 Å². The van der Waals surface area contributed by atoms with Gasteiger partial charge in [0.2, 0.25) is 0 Å². The molecule has 2 saturated heterocycles. The third-order valence-corrected chi connectivity index (χ3v) is 5.68. The van der Waals surface area contributed by atoms with Crippen LogP contribution in [0, 0.1) is 11.8 Å². The first-order valence-corrected chi connectivity index (χ1v) is 9.50. The van der Waals surface area contributed by atoms with Crippen LogP contribution in [0.1, 0.15) is 32.6 Å². The largest absolute Gasteiger partial charge is 0.381 e. The molecule has 0 aliphatic carbocycles. The van der Waals surface area contributed by atoms with E-state index in [2.05, 4.69) is 30.4 Å². The van der Waals surface area contributed by atoms with Crippen LogP contribution in [-0.2, 0) is 4.74 Å². The van der Waals surface area contributed by atoms with Gasteiger partial charge in [-0.25, -0.2) is 0 Å². The normalized spacial score (nSPS) is 25.0. The van der Waals surface area contributed by atoms with Crippen LogP contribution in [0.2, 0.25) is 0 Å². The minimum absolute atomic E-state index is 0.777. The lowest BCUT2D eigenvalue weighted by atomic mass is 9.94. The standard InChI is InChI=1S/C17H32N2OS/c1-4-21-15(2)18(3)12-16-7-9-19(10-8-16)13-17-6-5-11-20-14-17/h16-17H,2,4-14H2,1,3H3. The van der Waals surface area contributed by atoms with Crippen LogP contribution in [0.25, 0.3) is 0 Å². The lowest BCUT2D eigenvalue weighted by Crippen LogP contribution is -2.41. The van der Waals surface area contributed by atoms with Gasteiger partial charge in [-0.2, -0.15) is 0 Å². The van der Waals surface area contributed by atoms with Gasteiger partial charge >= 0.3 is 0 Å². The number of rotatable bonds is 7. The number of thioether (sulfide) groups is 1. The maximum absolute atomic E-state index is 5.60. The van der Waals surface area contributed by atoms with Crippen molar-refractivity contribution in [1.29, 1.82) is 0 Å². The molecule has 1 unspecified atom stereocenters. The molecule has 2 heterocycles. The summed E-state index contributed by atoms with van der Waals surface area (Å²) in [6.45, 7) is 13.3. The molecule has 0 aromatic heterocycles. The fourth-order valence-corrected chi connectivity index (χ4v) is 4.06. The summed E-state index contributed by atoms with van der Waals surface area (Å²) in [7, 11) is 2.19. The molecule has 0 radical (unpaired) electrons. The molecular weight excluding hydrogens is 280 g/mol. The van der Waals surface area contributed by atoms with Crippen molar-refractivity contribution in [3.8, 4) is 0 Å². The first-order chi connectivity index (χ1) is 10.2. The Hall–Kier alpha value is -0.190. The van der Waals surface area contributed by atoms with Crippen molar-refractivity contribution in [3.63, 3.8) is 0 Å². The number of likely N-dealkylation sites (tertiary alicyclic amines) is 1. The van der Waals surface area contributed by atoms with Gasteiger partial charge in [-0.3, -0.25) is 0 Å². The van der Waals surface area contributed by atoms with Gasteiger partial charge in [0.25, 0.3) is 0 Å². The molecule has 2 fully saturated rings. The Morgan fingerprint density at radius 1 is 1.29 bits per heavy atom. The Labute approximate surface area is 135 Å². The molecular formula is C17H32N2OS. The monoisotopic (exact) mass is 312 g/mol. The zero-order valence-corrected chi connectivity index (χ0v) is 14.7. The van der Waals surface area contributed by atoms with Gasteiger partial charge in [-0.15, -0.1) is 11.8 Å². The third kappa shape index (κ3) is 5.84. The lowest BCUT2D eigenvalue weighted by molar-refractivity contribution is 0.0319. The van der Waals surface area contributed by atoms with Gasteiger partial charge in [0, 0.05) is 26.7 Å². The fraction of sp³-hybridized carbons (Fsp3) is 0.882. The maximum Gasteiger partial charge on any atom is 0.0631 e. The van der Waals surface area contributed by atoms with Gasteiger partial charge < -0.3 is 14.5 Å². The highest BCUT2D eigenvalue weighted by atomic mass is 32.2. The van der Waals surface area contributed by atoms with Crippen molar-refractivity contribution in [2.45, 2.75) is 32.6 Å². The van der Waals surface area contributed by atoms with Crippen molar-refractivity contribution in [2.75, 3.05) is 52.2 Å². The third-order valence-electron chi connectivity index (χ3n) is 4.75. The number of hydrogen-bond acceptors (Lipinski definition) is 4. The van der Waals surface area contributed by atoms with Crippen molar-refractivity contribution in [2.24, 2.45) is 11.8 Å². The van der Waals surface area contributed by atoms with E-state index in [1.54, 1.807) is 0 Å². The van der Waals surface area contributed by atoms with Gasteiger partial charge in [-0.05, 0) is 56.4 Å². The van der Waals surface area contributed by atoms with E-state index in [9.17, 15) is 0 Å². The van der Waals surface area contributed by atoms with Crippen LogP contribution in [0.5, 0.6) is 0 Å². The topological polar surface area (TPSA) is 15.7 Å². The number of nitrogens with zero attached hydrogens (tertiary/aromatic N) is 2. The highest BCUT2D eigenvalue weighted by Gasteiger charge is 2.23. The molecule has 21 heavy (non-hydrogen) atoms. The summed E-state index contributed by atoms with van der Waals surface area (Å²) < 4.78 is 5.60. The van der Waals surface area contributed by atoms with Crippen LogP contribution >= 0.6 is 11.8 Å². The zero-order valence-electron chi connectivity index (χ0n) is 13.9. The second-order valence-electron chi connectivity index (χ2n) is 6.53. The molecule has 2 aliphatic heterocycles. The molecule has 1 atom stereocenters. The van der Waals surface area contributed by atoms with Gasteiger partial charge in [-0.1, -0.05) is 13.5 Å². The van der Waals surface area contributed by atoms with E-state index in [1.165, 1.54) is 56.9 Å². The number of hydrogen-bond donors (Lipinski definition) is 0. The summed E-state index contributed by atoms with van der Waals surface area (Å²) in [4.78, 5) is 5.01. The Kier molecular flexibility index (Phi) is 7.41. The fourth-order valence-electron chi connectivity index (χ4n) is 3.43. The van der Waals surface area contributed by atoms with E-state index >= 15 is 0 Å². The Bertz CT molecular complexity index is 310. The van der Waals surface area contributed by atoms with Gasteiger partial charge in [0.15, 0.2) is 0 Å². The van der Waals surface area contributed by atoms with Crippen LogP contribution < -0.4 is 0 Å². The van der Waals surface area contributed by atoms with E-state index in [0.717, 1.165) is 30.8 Å². The molecule has 0 spiro atoms. The maximum atomic E-state index is 5.60. The Balaban J connectivity index is 1.64. The highest BCUT2D eigenvalue weighted by molar-refractivity contribution is 8.02. The molecule has 0 aromatic rings. The van der Waals surface area contributed by atoms with E-state index < -0.39 is 0 Å². The molecule has 2 rings (SSSR count). The Morgan fingerprint density at radius 3 is 2.67 bits per heavy atom. The van der Waals surface area contributed by atoms with E-state index in [0.29, 0.717) is 0 Å². The van der Waals surface area contributed by atoms with Crippen molar-refractivity contribution < 1.29 is 4.74 Å². The van der Waals surface area contributed by atoms with Crippen molar-refractivity contribution in [3.05, 3.63) is 11.6 Å². The van der Waals surface area contributed by atoms with E-state index in [1.807, 2.05) is 11.8 Å². The second kappa shape index (κ2) is 9.06. The van der Waals surface area contributed by atoms with Crippen LogP contribution in [0.4, 0.5) is 0 Å². The molecule has 0 N–H and O–H groups in total. The summed E-state index contributed by atoms with van der Waals surface area (Å²) in [5.41, 5.74) is 0. The minimum Gasteiger partial charge on any atom is -0.381 e. The SMILES string of the molecule is C=C(SCC)N(C)CC1CCN(CC2CCCOC2)CC1. The lowest BCUT2D eigenvalue weighted by Gasteiger charge is -2.37. The smallest absolute Gasteiger partial charge is 0.0631 e. The van der Waals surface area contributed by atoms with Crippen molar-refractivity contribution >= 4 is 11.8 Å². The number of piperidine rings is 1. The predicted octanol–water partition coefficient (Wildman–Crippen LogP) is 3.28. The molecule has 0 bridgehead atoms. The first-order valence-electron chi connectivity index (χ1n) is 8.52. The molecule has 122 valence electrons. The molecule has 2 aliphatic rings. The minimum atomic E-state index is 0.777. The summed E-state index contributed by atoms with van der Waals surface area (Å²) in [5, 5.41) is 1.22. The Morgan fingerprint density at radius 2 is 2.05 bits per heavy atom. The van der Waals surface area contributed by atoms with Gasteiger partial charge in [0.05, 0.1) is 11.6 Å². The average Bonchev–Trinajstić information content (AvgIpc) is 2.50. The second-order valence-corrected chi connectivity index (χ2v) is 7.87. The summed E-state index contributed by atoms with van der Waals surface area (Å²) in [6.07, 6.45) is 5.28. The zero-order chi connectivity index (χ0) is 15.1. The summed E-state index contributed by atoms with van der Waals surface area (Å²) in [5.74, 6) is 2.73. The number of ether oxygens (including phenoxy) is 1. The molecule has 0 saturated carbocycles. The quantitative estimate of drug-likeness (QED) is 0.716. The predicted molar refractivity (Wildman–Crippen MR) is 92.6 cm³/mol. The first kappa shape index (κ1) is 17.2. The highest BCUT2D eigenvalue weighted by Crippen LogP contribution is 2.24. The molecule has 0 aromatic carbocycles. The van der Waals surface area contributed by atoms with E-state index in [-0.39, 0.29) is 0 Å². The summed E-state index contributed by atoms with van der Waals surface area (Å²) in [6, 6.07) is 0. The molecule has 3 nitrogen and oxygen atoms in total. The van der Waals surface area contributed by atoms with Crippen LogP contribution in [0.15, 0.2) is 11.6 Å². The average molecular weight is 313 g/mol. The van der Waals surface area contributed by atoms with E-state index in [4.69, 9.17) is 4.74 Å².